The second kappa shape index (κ2) is 7.09. The van der Waals surface area contributed by atoms with E-state index < -0.39 is 21.0 Å². The van der Waals surface area contributed by atoms with Crippen LogP contribution in [0.1, 0.15) is 38.2 Å². The molecular weight excluding hydrogens is 304 g/mol. The monoisotopic (exact) mass is 326 g/mol. The minimum Gasteiger partial charge on any atom is -0.474 e. The first kappa shape index (κ1) is 16.7. The minimum atomic E-state index is -3.38. The van der Waals surface area contributed by atoms with Crippen LogP contribution in [0.25, 0.3) is 0 Å². The quantitative estimate of drug-likeness (QED) is 0.855. The van der Waals surface area contributed by atoms with E-state index in [-0.39, 0.29) is 12.6 Å². The van der Waals surface area contributed by atoms with Gasteiger partial charge in [0.15, 0.2) is 9.84 Å². The zero-order chi connectivity index (χ0) is 16.2. The number of hydrogen-bond acceptors (Lipinski definition) is 5. The van der Waals surface area contributed by atoms with E-state index in [0.29, 0.717) is 5.88 Å². The molecule has 0 saturated heterocycles. The van der Waals surface area contributed by atoms with E-state index in [0.717, 1.165) is 24.7 Å². The van der Waals surface area contributed by atoms with Crippen LogP contribution in [-0.2, 0) is 21.2 Å². The van der Waals surface area contributed by atoms with Crippen LogP contribution in [0.5, 0.6) is 5.88 Å². The molecule has 0 aromatic carbocycles. The molecule has 1 saturated carbocycles. The molecule has 1 aliphatic carbocycles. The number of carbonyl (C=O) groups is 1. The molecule has 1 aromatic rings. The molecule has 0 unspecified atom stereocenters. The molecule has 1 N–H and O–H groups in total. The Bertz CT molecular complexity index is 624. The van der Waals surface area contributed by atoms with E-state index in [1.165, 1.54) is 19.8 Å². The first-order chi connectivity index (χ1) is 10.4. The predicted molar refractivity (Wildman–Crippen MR) is 83.3 cm³/mol. The molecule has 1 aliphatic rings. The Morgan fingerprint density at radius 3 is 2.77 bits per heavy atom. The number of carbonyl (C=O) groups excluding carboxylic acids is 1. The minimum absolute atomic E-state index is 0.225. The van der Waals surface area contributed by atoms with Crippen LogP contribution in [0.15, 0.2) is 18.3 Å². The van der Waals surface area contributed by atoms with Gasteiger partial charge in [0.05, 0.1) is 0 Å². The van der Waals surface area contributed by atoms with Gasteiger partial charge in [0, 0.05) is 25.1 Å². The van der Waals surface area contributed by atoms with Crippen LogP contribution in [0.4, 0.5) is 0 Å². The van der Waals surface area contributed by atoms with Crippen molar-refractivity contribution in [3.05, 3.63) is 23.9 Å². The summed E-state index contributed by atoms with van der Waals surface area (Å²) in [5.41, 5.74) is 0.831. The van der Waals surface area contributed by atoms with Gasteiger partial charge in [-0.15, -0.1) is 0 Å². The molecule has 0 aliphatic heterocycles. The molecule has 1 amide bonds. The Labute approximate surface area is 131 Å². The first-order valence-corrected chi connectivity index (χ1v) is 9.40. The molecule has 6 nitrogen and oxygen atoms in total. The molecule has 2 rings (SSSR count). The number of nitrogens with one attached hydrogen (secondary N) is 1. The van der Waals surface area contributed by atoms with Gasteiger partial charge in [-0.2, -0.15) is 0 Å². The van der Waals surface area contributed by atoms with Crippen molar-refractivity contribution >= 4 is 15.7 Å². The standard InChI is InChI=1S/C15H22N2O4S/c1-11(22(2,19)20)15(18)17-10-12-7-8-16-14(9-12)21-13-5-3-4-6-13/h7-9,11,13H,3-6,10H2,1-2H3,(H,17,18)/t11-/m1/s1. The summed E-state index contributed by atoms with van der Waals surface area (Å²) in [6.45, 7) is 1.63. The van der Waals surface area contributed by atoms with Gasteiger partial charge in [0.1, 0.15) is 11.4 Å². The molecule has 122 valence electrons. The van der Waals surface area contributed by atoms with E-state index in [1.54, 1.807) is 18.3 Å². The highest BCUT2D eigenvalue weighted by Crippen LogP contribution is 2.23. The zero-order valence-corrected chi connectivity index (χ0v) is 13.7. The smallest absolute Gasteiger partial charge is 0.238 e. The maximum atomic E-state index is 11.8. The third kappa shape index (κ3) is 4.69. The van der Waals surface area contributed by atoms with Crippen molar-refractivity contribution in [3.63, 3.8) is 0 Å². The van der Waals surface area contributed by atoms with Gasteiger partial charge in [-0.05, 0) is 44.2 Å². The molecule has 7 heteroatoms. The molecule has 1 fully saturated rings. The number of aromatic nitrogens is 1. The van der Waals surface area contributed by atoms with Crippen LogP contribution < -0.4 is 10.1 Å². The number of pyridine rings is 1. The van der Waals surface area contributed by atoms with E-state index >= 15 is 0 Å². The molecule has 22 heavy (non-hydrogen) atoms. The summed E-state index contributed by atoms with van der Waals surface area (Å²) < 4.78 is 28.5. The van der Waals surface area contributed by atoms with Crippen LogP contribution >= 0.6 is 0 Å². The fourth-order valence-corrected chi connectivity index (χ4v) is 2.80. The largest absolute Gasteiger partial charge is 0.474 e. The van der Waals surface area contributed by atoms with Gasteiger partial charge in [-0.25, -0.2) is 13.4 Å². The predicted octanol–water partition coefficient (Wildman–Crippen LogP) is 1.45. The maximum absolute atomic E-state index is 11.8. The van der Waals surface area contributed by atoms with Crippen LogP contribution in [0.3, 0.4) is 0 Å². The summed E-state index contributed by atoms with van der Waals surface area (Å²) in [6.07, 6.45) is 7.38. The summed E-state index contributed by atoms with van der Waals surface area (Å²) in [5, 5.41) is 1.57. The van der Waals surface area contributed by atoms with E-state index in [4.69, 9.17) is 4.74 Å². The highest BCUT2D eigenvalue weighted by Gasteiger charge is 2.23. The third-order valence-corrected chi connectivity index (χ3v) is 5.37. The molecule has 1 heterocycles. The van der Waals surface area contributed by atoms with Gasteiger partial charge >= 0.3 is 0 Å². The Kier molecular flexibility index (Phi) is 5.39. The van der Waals surface area contributed by atoms with Crippen molar-refractivity contribution in [1.29, 1.82) is 0 Å². The highest BCUT2D eigenvalue weighted by atomic mass is 32.2. The lowest BCUT2D eigenvalue weighted by atomic mass is 10.2. The van der Waals surface area contributed by atoms with Gasteiger partial charge < -0.3 is 10.1 Å². The van der Waals surface area contributed by atoms with E-state index in [9.17, 15) is 13.2 Å². The van der Waals surface area contributed by atoms with Crippen molar-refractivity contribution in [2.75, 3.05) is 6.26 Å². The number of rotatable bonds is 6. The van der Waals surface area contributed by atoms with Gasteiger partial charge in [-0.3, -0.25) is 4.79 Å². The Hall–Kier alpha value is -1.63. The Balaban J connectivity index is 1.91. The van der Waals surface area contributed by atoms with E-state index in [1.807, 2.05) is 0 Å². The number of ether oxygens (including phenoxy) is 1. The highest BCUT2D eigenvalue weighted by molar-refractivity contribution is 7.92. The summed E-state index contributed by atoms with van der Waals surface area (Å²) in [5.74, 6) is 0.0485. The van der Waals surface area contributed by atoms with Crippen LogP contribution in [0, 0.1) is 0 Å². The Morgan fingerprint density at radius 2 is 2.14 bits per heavy atom. The lowest BCUT2D eigenvalue weighted by Crippen LogP contribution is -2.37. The second-order valence-electron chi connectivity index (χ2n) is 5.72. The zero-order valence-electron chi connectivity index (χ0n) is 12.9. The maximum Gasteiger partial charge on any atom is 0.238 e. The van der Waals surface area contributed by atoms with Crippen LogP contribution in [0.2, 0.25) is 0 Å². The molecule has 0 radical (unpaired) electrons. The molecule has 0 bridgehead atoms. The number of sulfone groups is 1. The van der Waals surface area contributed by atoms with Crippen molar-refractivity contribution in [2.45, 2.75) is 50.5 Å². The van der Waals surface area contributed by atoms with E-state index in [2.05, 4.69) is 10.3 Å². The summed E-state index contributed by atoms with van der Waals surface area (Å²) in [4.78, 5) is 16.0. The normalized spacial score (nSPS) is 17.2. The summed E-state index contributed by atoms with van der Waals surface area (Å²) >= 11 is 0. The molecular formula is C15H22N2O4S. The average Bonchev–Trinajstić information content (AvgIpc) is 2.96. The average molecular weight is 326 g/mol. The Morgan fingerprint density at radius 1 is 1.45 bits per heavy atom. The van der Waals surface area contributed by atoms with Crippen molar-refractivity contribution < 1.29 is 17.9 Å². The van der Waals surface area contributed by atoms with Crippen molar-refractivity contribution in [2.24, 2.45) is 0 Å². The number of amides is 1. The van der Waals surface area contributed by atoms with Gasteiger partial charge in [-0.1, -0.05) is 0 Å². The SMILES string of the molecule is C[C@H](C(=O)NCc1ccnc(OC2CCCC2)c1)S(C)(=O)=O. The third-order valence-electron chi connectivity index (χ3n) is 3.87. The lowest BCUT2D eigenvalue weighted by molar-refractivity contribution is -0.120. The number of hydrogen-bond donors (Lipinski definition) is 1. The molecule has 1 atom stereocenters. The molecule has 0 spiro atoms. The van der Waals surface area contributed by atoms with Crippen molar-refractivity contribution in [3.8, 4) is 5.88 Å². The van der Waals surface area contributed by atoms with Crippen LogP contribution in [-0.4, -0.2) is 36.9 Å². The molecule has 1 aromatic heterocycles. The fourth-order valence-electron chi connectivity index (χ4n) is 2.33. The van der Waals surface area contributed by atoms with Gasteiger partial charge in [0.2, 0.25) is 11.8 Å². The van der Waals surface area contributed by atoms with Crippen molar-refractivity contribution in [1.82, 2.24) is 10.3 Å². The van der Waals surface area contributed by atoms with Gasteiger partial charge in [0.25, 0.3) is 0 Å². The lowest BCUT2D eigenvalue weighted by Gasteiger charge is -2.13. The fraction of sp³-hybridized carbons (Fsp3) is 0.600. The number of nitrogens with zero attached hydrogens (tertiary/aromatic N) is 1. The second-order valence-corrected chi connectivity index (χ2v) is 8.08. The topological polar surface area (TPSA) is 85.4 Å². The summed E-state index contributed by atoms with van der Waals surface area (Å²) in [7, 11) is -3.38. The first-order valence-electron chi connectivity index (χ1n) is 7.44. The summed E-state index contributed by atoms with van der Waals surface area (Å²) in [6, 6.07) is 3.55.